The smallest absolute Gasteiger partial charge is 0.311 e. The SMILES string of the molecule is Cn1c(CC(=O)O)n[nH]c1=S. The molecule has 5 nitrogen and oxygen atoms in total. The lowest BCUT2D eigenvalue weighted by Crippen LogP contribution is -2.06. The molecule has 0 aromatic carbocycles. The van der Waals surface area contributed by atoms with Crippen LogP contribution in [0.25, 0.3) is 0 Å². The summed E-state index contributed by atoms with van der Waals surface area (Å²) in [5.74, 6) is -0.482. The van der Waals surface area contributed by atoms with E-state index in [0.717, 1.165) is 0 Å². The zero-order valence-corrected chi connectivity index (χ0v) is 6.68. The van der Waals surface area contributed by atoms with E-state index in [0.29, 0.717) is 10.6 Å². The van der Waals surface area contributed by atoms with E-state index < -0.39 is 5.97 Å². The van der Waals surface area contributed by atoms with Gasteiger partial charge in [-0.1, -0.05) is 0 Å². The Kier molecular flexibility index (Phi) is 2.04. The van der Waals surface area contributed by atoms with Crippen LogP contribution in [0.4, 0.5) is 0 Å². The highest BCUT2D eigenvalue weighted by atomic mass is 32.1. The molecule has 60 valence electrons. The molecular weight excluding hydrogens is 166 g/mol. The molecule has 2 N–H and O–H groups in total. The Balaban J connectivity index is 2.96. The van der Waals surface area contributed by atoms with E-state index in [2.05, 4.69) is 10.2 Å². The van der Waals surface area contributed by atoms with Gasteiger partial charge in [-0.15, -0.1) is 0 Å². The van der Waals surface area contributed by atoms with Crippen molar-refractivity contribution in [2.75, 3.05) is 0 Å². The first-order valence-electron chi connectivity index (χ1n) is 2.93. The van der Waals surface area contributed by atoms with Gasteiger partial charge in [0.25, 0.3) is 0 Å². The largest absolute Gasteiger partial charge is 0.481 e. The Labute approximate surface area is 67.7 Å². The molecule has 1 aromatic rings. The molecule has 0 bridgehead atoms. The van der Waals surface area contributed by atoms with E-state index in [-0.39, 0.29) is 6.42 Å². The third-order valence-electron chi connectivity index (χ3n) is 1.28. The molecule has 0 aliphatic carbocycles. The average Bonchev–Trinajstić information content (AvgIpc) is 2.18. The summed E-state index contributed by atoms with van der Waals surface area (Å²) >= 11 is 4.78. The fourth-order valence-electron chi connectivity index (χ4n) is 0.673. The van der Waals surface area contributed by atoms with Gasteiger partial charge in [0.2, 0.25) is 0 Å². The maximum atomic E-state index is 10.2. The first-order chi connectivity index (χ1) is 5.11. The van der Waals surface area contributed by atoms with Crippen LogP contribution in [0.1, 0.15) is 5.82 Å². The number of rotatable bonds is 2. The fraction of sp³-hybridized carbons (Fsp3) is 0.400. The molecule has 0 aliphatic rings. The first-order valence-corrected chi connectivity index (χ1v) is 3.34. The normalized spacial score (nSPS) is 9.91. The Morgan fingerprint density at radius 1 is 1.91 bits per heavy atom. The number of aliphatic carboxylic acids is 1. The Morgan fingerprint density at radius 3 is 2.91 bits per heavy atom. The zero-order chi connectivity index (χ0) is 8.43. The summed E-state index contributed by atoms with van der Waals surface area (Å²) in [7, 11) is 1.67. The van der Waals surface area contributed by atoms with Crippen molar-refractivity contribution in [1.29, 1.82) is 0 Å². The molecule has 1 heterocycles. The van der Waals surface area contributed by atoms with E-state index >= 15 is 0 Å². The van der Waals surface area contributed by atoms with Crippen LogP contribution in [-0.2, 0) is 18.3 Å². The summed E-state index contributed by atoms with van der Waals surface area (Å²) in [6.07, 6.45) is -0.108. The third kappa shape index (κ3) is 1.64. The molecule has 0 amide bonds. The van der Waals surface area contributed by atoms with Gasteiger partial charge in [0.15, 0.2) is 4.77 Å². The summed E-state index contributed by atoms with van der Waals surface area (Å²) in [5.41, 5.74) is 0. The number of hydrogen-bond donors (Lipinski definition) is 2. The van der Waals surface area contributed by atoms with Gasteiger partial charge in [-0.3, -0.25) is 9.89 Å². The quantitative estimate of drug-likeness (QED) is 0.622. The van der Waals surface area contributed by atoms with Crippen LogP contribution in [0, 0.1) is 4.77 Å². The average molecular weight is 173 g/mol. The molecule has 0 unspecified atom stereocenters. The monoisotopic (exact) mass is 173 g/mol. The lowest BCUT2D eigenvalue weighted by Gasteiger charge is -1.93. The van der Waals surface area contributed by atoms with Crippen molar-refractivity contribution in [2.45, 2.75) is 6.42 Å². The van der Waals surface area contributed by atoms with E-state index in [1.165, 1.54) is 4.57 Å². The summed E-state index contributed by atoms with van der Waals surface area (Å²) in [6.45, 7) is 0. The number of aromatic nitrogens is 3. The number of nitrogens with one attached hydrogen (secondary N) is 1. The molecule has 0 spiro atoms. The standard InChI is InChI=1S/C5H7N3O2S/c1-8-3(2-4(9)10)6-7-5(8)11/h2H2,1H3,(H,7,11)(H,9,10). The first kappa shape index (κ1) is 7.93. The van der Waals surface area contributed by atoms with Crippen LogP contribution in [-0.4, -0.2) is 25.8 Å². The highest BCUT2D eigenvalue weighted by molar-refractivity contribution is 7.71. The van der Waals surface area contributed by atoms with Crippen LogP contribution in [0.2, 0.25) is 0 Å². The lowest BCUT2D eigenvalue weighted by atomic mass is 10.4. The number of hydrogen-bond acceptors (Lipinski definition) is 3. The van der Waals surface area contributed by atoms with Crippen LogP contribution >= 0.6 is 12.2 Å². The second-order valence-corrected chi connectivity index (χ2v) is 2.46. The number of aromatic amines is 1. The Hall–Kier alpha value is -1.17. The summed E-state index contributed by atoms with van der Waals surface area (Å²) in [6, 6.07) is 0. The van der Waals surface area contributed by atoms with Gasteiger partial charge in [-0.2, -0.15) is 5.10 Å². The molecule has 6 heteroatoms. The van der Waals surface area contributed by atoms with Gasteiger partial charge < -0.3 is 9.67 Å². The van der Waals surface area contributed by atoms with Gasteiger partial charge in [-0.05, 0) is 12.2 Å². The van der Waals surface area contributed by atoms with Crippen molar-refractivity contribution in [2.24, 2.45) is 7.05 Å². The van der Waals surface area contributed by atoms with Crippen LogP contribution in [0.5, 0.6) is 0 Å². The highest BCUT2D eigenvalue weighted by Crippen LogP contribution is 1.94. The topological polar surface area (TPSA) is 70.9 Å². The van der Waals surface area contributed by atoms with Crippen molar-refractivity contribution in [3.63, 3.8) is 0 Å². The molecule has 1 aromatic heterocycles. The minimum atomic E-state index is -0.915. The maximum Gasteiger partial charge on any atom is 0.311 e. The summed E-state index contributed by atoms with van der Waals surface area (Å²) in [4.78, 5) is 10.2. The fourth-order valence-corrected chi connectivity index (χ4v) is 0.824. The molecule has 0 saturated heterocycles. The minimum Gasteiger partial charge on any atom is -0.481 e. The van der Waals surface area contributed by atoms with Gasteiger partial charge in [0.05, 0.1) is 0 Å². The Bertz CT molecular complexity index is 327. The van der Waals surface area contributed by atoms with Crippen molar-refractivity contribution in [3.05, 3.63) is 10.6 Å². The Morgan fingerprint density at radius 2 is 2.55 bits per heavy atom. The van der Waals surface area contributed by atoms with E-state index in [4.69, 9.17) is 17.3 Å². The zero-order valence-electron chi connectivity index (χ0n) is 5.87. The predicted molar refractivity (Wildman–Crippen MR) is 39.7 cm³/mol. The lowest BCUT2D eigenvalue weighted by molar-refractivity contribution is -0.136. The number of H-pyrrole nitrogens is 1. The third-order valence-corrected chi connectivity index (χ3v) is 1.65. The maximum absolute atomic E-state index is 10.2. The summed E-state index contributed by atoms with van der Waals surface area (Å²) in [5, 5.41) is 14.6. The van der Waals surface area contributed by atoms with Crippen molar-refractivity contribution in [1.82, 2.24) is 14.8 Å². The van der Waals surface area contributed by atoms with Crippen molar-refractivity contribution >= 4 is 18.2 Å². The predicted octanol–water partition coefficient (Wildman–Crippen LogP) is 0.105. The molecule has 11 heavy (non-hydrogen) atoms. The number of carboxylic acids is 1. The number of nitrogens with zero attached hydrogens (tertiary/aromatic N) is 2. The van der Waals surface area contributed by atoms with Crippen molar-refractivity contribution < 1.29 is 9.90 Å². The van der Waals surface area contributed by atoms with Gasteiger partial charge in [0.1, 0.15) is 12.2 Å². The van der Waals surface area contributed by atoms with E-state index in [1.54, 1.807) is 7.05 Å². The molecule has 0 atom stereocenters. The second-order valence-electron chi connectivity index (χ2n) is 2.07. The molecular formula is C5H7N3O2S. The van der Waals surface area contributed by atoms with Crippen LogP contribution < -0.4 is 0 Å². The second kappa shape index (κ2) is 2.83. The van der Waals surface area contributed by atoms with Gasteiger partial charge in [-0.25, -0.2) is 0 Å². The van der Waals surface area contributed by atoms with Gasteiger partial charge in [0, 0.05) is 7.05 Å². The molecule has 1 rings (SSSR count). The number of carboxylic acid groups (broad SMARTS) is 1. The molecule has 0 fully saturated rings. The molecule has 0 saturated carbocycles. The number of carbonyl (C=O) groups is 1. The van der Waals surface area contributed by atoms with Crippen LogP contribution in [0.15, 0.2) is 0 Å². The van der Waals surface area contributed by atoms with Crippen LogP contribution in [0.3, 0.4) is 0 Å². The summed E-state index contributed by atoms with van der Waals surface area (Å²) < 4.78 is 1.96. The molecule has 0 aliphatic heterocycles. The molecule has 0 radical (unpaired) electrons. The van der Waals surface area contributed by atoms with E-state index in [1.807, 2.05) is 0 Å². The van der Waals surface area contributed by atoms with Gasteiger partial charge >= 0.3 is 5.97 Å². The van der Waals surface area contributed by atoms with E-state index in [9.17, 15) is 4.79 Å². The minimum absolute atomic E-state index is 0.108. The highest BCUT2D eigenvalue weighted by Gasteiger charge is 2.05. The van der Waals surface area contributed by atoms with Crippen molar-refractivity contribution in [3.8, 4) is 0 Å².